The van der Waals surface area contributed by atoms with Gasteiger partial charge in [0.2, 0.25) is 0 Å². The van der Waals surface area contributed by atoms with E-state index in [0.717, 1.165) is 22.4 Å². The fourth-order valence-electron chi connectivity index (χ4n) is 2.19. The molecule has 1 aromatic heterocycles. The summed E-state index contributed by atoms with van der Waals surface area (Å²) in [6.45, 7) is 4.44. The van der Waals surface area contributed by atoms with Crippen LogP contribution in [0.4, 0.5) is 0 Å². The van der Waals surface area contributed by atoms with E-state index in [1.807, 2.05) is 32.0 Å². The normalized spacial score (nSPS) is 10.9. The zero-order valence-electron chi connectivity index (χ0n) is 11.5. The van der Waals surface area contributed by atoms with Crippen LogP contribution in [0.25, 0.3) is 22.4 Å². The van der Waals surface area contributed by atoms with Crippen LogP contribution in [0.15, 0.2) is 36.4 Å². The number of H-pyrrole nitrogens is 1. The summed E-state index contributed by atoms with van der Waals surface area (Å²) in [6, 6.07) is 11.3. The number of hydrogen-bond acceptors (Lipinski definition) is 3. The van der Waals surface area contributed by atoms with Gasteiger partial charge in [-0.3, -0.25) is 0 Å². The van der Waals surface area contributed by atoms with Crippen molar-refractivity contribution in [3.05, 3.63) is 42.0 Å². The number of hydrogen-bond donors (Lipinski definition) is 2. The smallest absolute Gasteiger partial charge is 0.161 e. The van der Waals surface area contributed by atoms with Crippen molar-refractivity contribution < 1.29 is 9.84 Å². The van der Waals surface area contributed by atoms with Crippen molar-refractivity contribution in [3.8, 4) is 22.9 Å². The molecular formula is C16H16N2O2. The highest BCUT2D eigenvalue weighted by Crippen LogP contribution is 2.31. The number of nitrogens with zero attached hydrogens (tertiary/aromatic N) is 1. The molecule has 0 unspecified atom stereocenters. The van der Waals surface area contributed by atoms with Gasteiger partial charge in [-0.25, -0.2) is 4.98 Å². The first-order valence-corrected chi connectivity index (χ1v) is 6.60. The first-order valence-electron chi connectivity index (χ1n) is 6.60. The van der Waals surface area contributed by atoms with E-state index in [2.05, 4.69) is 16.0 Å². The Labute approximate surface area is 117 Å². The second-order valence-corrected chi connectivity index (χ2v) is 4.72. The molecule has 0 saturated carbocycles. The van der Waals surface area contributed by atoms with Gasteiger partial charge in [-0.05, 0) is 49.7 Å². The van der Waals surface area contributed by atoms with Crippen LogP contribution < -0.4 is 4.74 Å². The van der Waals surface area contributed by atoms with Crippen molar-refractivity contribution >= 4 is 11.0 Å². The summed E-state index contributed by atoms with van der Waals surface area (Å²) >= 11 is 0. The number of aryl methyl sites for hydroxylation is 1. The lowest BCUT2D eigenvalue weighted by atomic mass is 10.2. The molecule has 4 heteroatoms. The monoisotopic (exact) mass is 268 g/mol. The third kappa shape index (κ3) is 2.20. The highest BCUT2D eigenvalue weighted by molar-refractivity contribution is 5.80. The standard InChI is InChI=1S/C16H16N2O2/c1-3-20-15-9-11(5-7-14(15)19)16-17-12-6-4-10(2)8-13(12)18-16/h4-9,19H,3H2,1-2H3,(H,17,18). The van der Waals surface area contributed by atoms with E-state index in [1.54, 1.807) is 12.1 Å². The number of ether oxygens (including phenoxy) is 1. The average Bonchev–Trinajstić information content (AvgIpc) is 2.84. The molecular weight excluding hydrogens is 252 g/mol. The largest absolute Gasteiger partial charge is 0.504 e. The summed E-state index contributed by atoms with van der Waals surface area (Å²) in [4.78, 5) is 7.86. The molecule has 0 aliphatic carbocycles. The van der Waals surface area contributed by atoms with E-state index in [0.29, 0.717) is 12.4 Å². The molecule has 0 fully saturated rings. The van der Waals surface area contributed by atoms with Crippen LogP contribution in [-0.4, -0.2) is 21.7 Å². The highest BCUT2D eigenvalue weighted by atomic mass is 16.5. The van der Waals surface area contributed by atoms with Crippen molar-refractivity contribution in [2.75, 3.05) is 6.61 Å². The molecule has 0 amide bonds. The van der Waals surface area contributed by atoms with Crippen LogP contribution >= 0.6 is 0 Å². The summed E-state index contributed by atoms with van der Waals surface area (Å²) in [6.07, 6.45) is 0. The van der Waals surface area contributed by atoms with Gasteiger partial charge in [-0.2, -0.15) is 0 Å². The van der Waals surface area contributed by atoms with E-state index in [9.17, 15) is 5.11 Å². The second-order valence-electron chi connectivity index (χ2n) is 4.72. The molecule has 2 aromatic carbocycles. The van der Waals surface area contributed by atoms with Crippen LogP contribution in [0.2, 0.25) is 0 Å². The molecule has 0 aliphatic rings. The quantitative estimate of drug-likeness (QED) is 0.762. The van der Waals surface area contributed by atoms with Crippen molar-refractivity contribution in [2.24, 2.45) is 0 Å². The first kappa shape index (κ1) is 12.5. The lowest BCUT2D eigenvalue weighted by Crippen LogP contribution is -1.92. The molecule has 3 aromatic rings. The number of phenols is 1. The first-order chi connectivity index (χ1) is 9.67. The fourth-order valence-corrected chi connectivity index (χ4v) is 2.19. The minimum Gasteiger partial charge on any atom is -0.504 e. The lowest BCUT2D eigenvalue weighted by Gasteiger charge is -2.06. The Morgan fingerprint density at radius 2 is 2.05 bits per heavy atom. The Morgan fingerprint density at radius 3 is 2.85 bits per heavy atom. The van der Waals surface area contributed by atoms with E-state index >= 15 is 0 Å². The summed E-state index contributed by atoms with van der Waals surface area (Å²) in [5, 5.41) is 9.73. The number of aromatic hydroxyl groups is 1. The predicted octanol–water partition coefficient (Wildman–Crippen LogP) is 3.64. The van der Waals surface area contributed by atoms with Crippen molar-refractivity contribution in [2.45, 2.75) is 13.8 Å². The molecule has 4 nitrogen and oxygen atoms in total. The Morgan fingerprint density at radius 1 is 1.20 bits per heavy atom. The Hall–Kier alpha value is -2.49. The van der Waals surface area contributed by atoms with Crippen molar-refractivity contribution in [3.63, 3.8) is 0 Å². The number of imidazole rings is 1. The lowest BCUT2D eigenvalue weighted by molar-refractivity contribution is 0.318. The summed E-state index contributed by atoms with van der Waals surface area (Å²) < 4.78 is 5.40. The van der Waals surface area contributed by atoms with Gasteiger partial charge in [0.1, 0.15) is 5.82 Å². The number of phenolic OH excluding ortho intramolecular Hbond substituents is 1. The van der Waals surface area contributed by atoms with Crippen LogP contribution in [0.5, 0.6) is 11.5 Å². The van der Waals surface area contributed by atoms with Crippen LogP contribution in [0.3, 0.4) is 0 Å². The zero-order chi connectivity index (χ0) is 14.1. The molecule has 20 heavy (non-hydrogen) atoms. The van der Waals surface area contributed by atoms with E-state index in [-0.39, 0.29) is 5.75 Å². The number of rotatable bonds is 3. The number of nitrogens with one attached hydrogen (secondary N) is 1. The van der Waals surface area contributed by atoms with Crippen LogP contribution in [0, 0.1) is 6.92 Å². The predicted molar refractivity (Wildman–Crippen MR) is 79.1 cm³/mol. The Bertz CT molecular complexity index is 762. The van der Waals surface area contributed by atoms with Crippen LogP contribution in [-0.2, 0) is 0 Å². The Kier molecular flexibility index (Phi) is 3.06. The number of benzene rings is 2. The zero-order valence-corrected chi connectivity index (χ0v) is 11.5. The van der Waals surface area contributed by atoms with Gasteiger partial charge in [0.25, 0.3) is 0 Å². The molecule has 0 atom stereocenters. The molecule has 0 aliphatic heterocycles. The van der Waals surface area contributed by atoms with Crippen molar-refractivity contribution in [1.82, 2.24) is 9.97 Å². The topological polar surface area (TPSA) is 58.1 Å². The average molecular weight is 268 g/mol. The Balaban J connectivity index is 2.08. The second kappa shape index (κ2) is 4.89. The molecule has 0 radical (unpaired) electrons. The van der Waals surface area contributed by atoms with Crippen LogP contribution in [0.1, 0.15) is 12.5 Å². The molecule has 0 saturated heterocycles. The fraction of sp³-hybridized carbons (Fsp3) is 0.188. The van der Waals surface area contributed by atoms with E-state index in [1.165, 1.54) is 5.56 Å². The SMILES string of the molecule is CCOc1cc(-c2nc3ccc(C)cc3[nH]2)ccc1O. The molecule has 1 heterocycles. The minimum absolute atomic E-state index is 0.141. The summed E-state index contributed by atoms with van der Waals surface area (Å²) in [5.74, 6) is 1.38. The molecule has 2 N–H and O–H groups in total. The van der Waals surface area contributed by atoms with Gasteiger partial charge < -0.3 is 14.8 Å². The van der Waals surface area contributed by atoms with E-state index < -0.39 is 0 Å². The maximum atomic E-state index is 9.73. The van der Waals surface area contributed by atoms with Gasteiger partial charge in [0, 0.05) is 5.56 Å². The molecule has 0 spiro atoms. The number of aromatic amines is 1. The molecule has 3 rings (SSSR count). The summed E-state index contributed by atoms with van der Waals surface area (Å²) in [7, 11) is 0. The maximum absolute atomic E-state index is 9.73. The highest BCUT2D eigenvalue weighted by Gasteiger charge is 2.09. The number of aromatic nitrogens is 2. The van der Waals surface area contributed by atoms with E-state index in [4.69, 9.17) is 4.74 Å². The van der Waals surface area contributed by atoms with Gasteiger partial charge in [-0.15, -0.1) is 0 Å². The maximum Gasteiger partial charge on any atom is 0.161 e. The minimum atomic E-state index is 0.141. The summed E-state index contributed by atoms with van der Waals surface area (Å²) in [5.41, 5.74) is 4.01. The third-order valence-corrected chi connectivity index (χ3v) is 3.17. The van der Waals surface area contributed by atoms with Crippen molar-refractivity contribution in [1.29, 1.82) is 0 Å². The van der Waals surface area contributed by atoms with Gasteiger partial charge in [0.15, 0.2) is 11.5 Å². The molecule has 102 valence electrons. The van der Waals surface area contributed by atoms with Gasteiger partial charge >= 0.3 is 0 Å². The number of fused-ring (bicyclic) bond motifs is 1. The third-order valence-electron chi connectivity index (χ3n) is 3.17. The molecule has 0 bridgehead atoms. The van der Waals surface area contributed by atoms with Gasteiger partial charge in [-0.1, -0.05) is 6.07 Å². The van der Waals surface area contributed by atoms with Gasteiger partial charge in [0.05, 0.1) is 17.6 Å².